The zero-order valence-corrected chi connectivity index (χ0v) is 16.1. The standard InChI is InChI=1S/C20H15BrN2O5/c21-15-4-1-2-5-16(15)23-18(24)12-28-20(26)13-7-9-14(10-8-13)22-19(25)17-6-3-11-27-17/h1-11H,12H2,(H,22,25)(H,23,24). The molecule has 3 rings (SSSR count). The van der Waals surface area contributed by atoms with Crippen LogP contribution >= 0.6 is 15.9 Å². The van der Waals surface area contributed by atoms with Crippen molar-refractivity contribution >= 4 is 45.1 Å². The normalized spacial score (nSPS) is 10.2. The fourth-order valence-electron chi connectivity index (χ4n) is 2.25. The molecule has 8 heteroatoms. The molecule has 1 aromatic heterocycles. The maximum absolute atomic E-state index is 12.1. The Morgan fingerprint density at radius 1 is 0.929 bits per heavy atom. The summed E-state index contributed by atoms with van der Waals surface area (Å²) in [6.45, 7) is -0.419. The molecule has 0 spiro atoms. The van der Waals surface area contributed by atoms with E-state index >= 15 is 0 Å². The average molecular weight is 443 g/mol. The van der Waals surface area contributed by atoms with Crippen molar-refractivity contribution in [2.45, 2.75) is 0 Å². The molecule has 0 aliphatic heterocycles. The molecule has 2 N–H and O–H groups in total. The summed E-state index contributed by atoms with van der Waals surface area (Å²) >= 11 is 3.32. The third kappa shape index (κ3) is 5.08. The number of benzene rings is 2. The lowest BCUT2D eigenvalue weighted by molar-refractivity contribution is -0.119. The molecule has 2 amide bonds. The van der Waals surface area contributed by atoms with Crippen LogP contribution in [0.1, 0.15) is 20.9 Å². The topological polar surface area (TPSA) is 97.6 Å². The van der Waals surface area contributed by atoms with E-state index in [2.05, 4.69) is 26.6 Å². The van der Waals surface area contributed by atoms with Crippen molar-refractivity contribution in [3.05, 3.63) is 82.7 Å². The number of hydrogen-bond acceptors (Lipinski definition) is 5. The van der Waals surface area contributed by atoms with Crippen LogP contribution in [0, 0.1) is 0 Å². The number of nitrogens with one attached hydrogen (secondary N) is 2. The van der Waals surface area contributed by atoms with Crippen LogP contribution in [0.15, 0.2) is 75.8 Å². The van der Waals surface area contributed by atoms with Crippen LogP contribution in [0.4, 0.5) is 11.4 Å². The first kappa shape index (κ1) is 19.4. The summed E-state index contributed by atoms with van der Waals surface area (Å²) in [5, 5.41) is 5.28. The predicted molar refractivity (Wildman–Crippen MR) is 106 cm³/mol. The van der Waals surface area contributed by atoms with Crippen LogP contribution in [-0.4, -0.2) is 24.4 Å². The maximum atomic E-state index is 12.1. The molecular weight excluding hydrogens is 428 g/mol. The molecule has 0 aliphatic carbocycles. The zero-order valence-electron chi connectivity index (χ0n) is 14.5. The van der Waals surface area contributed by atoms with Gasteiger partial charge in [0.05, 0.1) is 17.5 Å². The van der Waals surface area contributed by atoms with E-state index in [1.165, 1.54) is 18.4 Å². The van der Waals surface area contributed by atoms with Crippen LogP contribution in [0.3, 0.4) is 0 Å². The quantitative estimate of drug-likeness (QED) is 0.560. The molecule has 0 bridgehead atoms. The van der Waals surface area contributed by atoms with Gasteiger partial charge < -0.3 is 19.8 Å². The Labute approximate surface area is 168 Å². The van der Waals surface area contributed by atoms with Gasteiger partial charge in [-0.15, -0.1) is 0 Å². The van der Waals surface area contributed by atoms with E-state index in [1.54, 1.807) is 42.5 Å². The minimum Gasteiger partial charge on any atom is -0.459 e. The first-order chi connectivity index (χ1) is 13.5. The summed E-state index contributed by atoms with van der Waals surface area (Å²) in [7, 11) is 0. The van der Waals surface area contributed by atoms with E-state index in [0.29, 0.717) is 11.4 Å². The van der Waals surface area contributed by atoms with Gasteiger partial charge >= 0.3 is 5.97 Å². The van der Waals surface area contributed by atoms with E-state index in [4.69, 9.17) is 9.15 Å². The number of carbonyl (C=O) groups excluding carboxylic acids is 3. The number of hydrogen-bond donors (Lipinski definition) is 2. The van der Waals surface area contributed by atoms with Gasteiger partial charge in [-0.25, -0.2) is 4.79 Å². The van der Waals surface area contributed by atoms with Gasteiger partial charge in [-0.3, -0.25) is 9.59 Å². The van der Waals surface area contributed by atoms with Crippen molar-refractivity contribution in [3.63, 3.8) is 0 Å². The van der Waals surface area contributed by atoms with Crippen molar-refractivity contribution in [1.29, 1.82) is 0 Å². The smallest absolute Gasteiger partial charge is 0.338 e. The van der Waals surface area contributed by atoms with Crippen LogP contribution in [0.2, 0.25) is 0 Å². The highest BCUT2D eigenvalue weighted by atomic mass is 79.9. The number of esters is 1. The Bertz CT molecular complexity index is 984. The molecule has 28 heavy (non-hydrogen) atoms. The number of furan rings is 1. The summed E-state index contributed by atoms with van der Waals surface area (Å²) < 4.78 is 10.7. The lowest BCUT2D eigenvalue weighted by Gasteiger charge is -2.08. The van der Waals surface area contributed by atoms with Crippen molar-refractivity contribution in [3.8, 4) is 0 Å². The second-order valence-electron chi connectivity index (χ2n) is 5.61. The van der Waals surface area contributed by atoms with Gasteiger partial charge in [-0.1, -0.05) is 12.1 Å². The predicted octanol–water partition coefficient (Wildman–Crippen LogP) is 4.09. The summed E-state index contributed by atoms with van der Waals surface area (Å²) in [6.07, 6.45) is 1.40. The Morgan fingerprint density at radius 2 is 1.68 bits per heavy atom. The number of ether oxygens (including phenoxy) is 1. The summed E-state index contributed by atoms with van der Waals surface area (Å²) in [4.78, 5) is 35.9. The molecule has 7 nitrogen and oxygen atoms in total. The van der Waals surface area contributed by atoms with Gasteiger partial charge in [-0.2, -0.15) is 0 Å². The number of rotatable bonds is 6. The van der Waals surface area contributed by atoms with Crippen LogP contribution in [0.5, 0.6) is 0 Å². The maximum Gasteiger partial charge on any atom is 0.338 e. The van der Waals surface area contributed by atoms with Crippen LogP contribution in [0.25, 0.3) is 0 Å². The number of carbonyl (C=O) groups is 3. The van der Waals surface area contributed by atoms with Gasteiger partial charge in [0.1, 0.15) is 0 Å². The summed E-state index contributed by atoms with van der Waals surface area (Å²) in [5.41, 5.74) is 1.33. The van der Waals surface area contributed by atoms with Crippen molar-refractivity contribution in [2.75, 3.05) is 17.2 Å². The molecule has 0 saturated carbocycles. The van der Waals surface area contributed by atoms with E-state index in [9.17, 15) is 14.4 Å². The lowest BCUT2D eigenvalue weighted by Crippen LogP contribution is -2.21. The van der Waals surface area contributed by atoms with E-state index < -0.39 is 24.4 Å². The fourth-order valence-corrected chi connectivity index (χ4v) is 2.64. The highest BCUT2D eigenvalue weighted by Gasteiger charge is 2.13. The Balaban J connectivity index is 1.51. The first-order valence-electron chi connectivity index (χ1n) is 8.19. The summed E-state index contributed by atoms with van der Waals surface area (Å²) in [5.74, 6) is -1.32. The van der Waals surface area contributed by atoms with Crippen molar-refractivity contribution in [2.24, 2.45) is 0 Å². The van der Waals surface area contributed by atoms with Gasteiger partial charge in [0.15, 0.2) is 12.4 Å². The highest BCUT2D eigenvalue weighted by molar-refractivity contribution is 9.10. The van der Waals surface area contributed by atoms with Crippen LogP contribution in [-0.2, 0) is 9.53 Å². The van der Waals surface area contributed by atoms with Gasteiger partial charge in [0.25, 0.3) is 11.8 Å². The number of halogens is 1. The molecular formula is C20H15BrN2O5. The molecule has 0 saturated heterocycles. The van der Waals surface area contributed by atoms with Gasteiger partial charge in [0.2, 0.25) is 0 Å². The Hall–Kier alpha value is -3.39. The molecule has 1 heterocycles. The van der Waals surface area contributed by atoms with Gasteiger partial charge in [0, 0.05) is 10.2 Å². The largest absolute Gasteiger partial charge is 0.459 e. The van der Waals surface area contributed by atoms with E-state index in [1.807, 2.05) is 6.07 Å². The molecule has 0 atom stereocenters. The Morgan fingerprint density at radius 3 is 2.36 bits per heavy atom. The summed E-state index contributed by atoms with van der Waals surface area (Å²) in [6, 6.07) is 16.3. The highest BCUT2D eigenvalue weighted by Crippen LogP contribution is 2.21. The monoisotopic (exact) mass is 442 g/mol. The minimum absolute atomic E-state index is 0.180. The molecule has 0 unspecified atom stereocenters. The van der Waals surface area contributed by atoms with E-state index in [-0.39, 0.29) is 11.3 Å². The molecule has 2 aromatic carbocycles. The SMILES string of the molecule is O=C(COC(=O)c1ccc(NC(=O)c2ccco2)cc1)Nc1ccccc1Br. The lowest BCUT2D eigenvalue weighted by atomic mass is 10.2. The minimum atomic E-state index is -0.647. The number of anilines is 2. The van der Waals surface area contributed by atoms with Crippen LogP contribution < -0.4 is 10.6 Å². The van der Waals surface area contributed by atoms with E-state index in [0.717, 1.165) is 4.47 Å². The molecule has 0 aliphatic rings. The second-order valence-corrected chi connectivity index (χ2v) is 6.47. The molecule has 142 valence electrons. The zero-order chi connectivity index (χ0) is 19.9. The van der Waals surface area contributed by atoms with Crippen molar-refractivity contribution in [1.82, 2.24) is 0 Å². The molecule has 3 aromatic rings. The second kappa shape index (κ2) is 9.01. The van der Waals surface area contributed by atoms with Gasteiger partial charge in [-0.05, 0) is 64.5 Å². The molecule has 0 radical (unpaired) electrons. The fraction of sp³-hybridized carbons (Fsp3) is 0.0500. The third-order valence-corrected chi connectivity index (χ3v) is 4.30. The Kier molecular flexibility index (Phi) is 6.23. The van der Waals surface area contributed by atoms with Crippen molar-refractivity contribution < 1.29 is 23.5 Å². The first-order valence-corrected chi connectivity index (χ1v) is 8.98. The third-order valence-electron chi connectivity index (χ3n) is 3.61. The number of amides is 2. The number of para-hydroxylation sites is 1. The molecule has 0 fully saturated rings. The average Bonchev–Trinajstić information content (AvgIpc) is 3.23.